The van der Waals surface area contributed by atoms with Crippen molar-refractivity contribution in [3.63, 3.8) is 0 Å². The van der Waals surface area contributed by atoms with Crippen LogP contribution in [0.25, 0.3) is 0 Å². The highest BCUT2D eigenvalue weighted by atomic mass is 16.5. The minimum atomic E-state index is -0.0585. The molecule has 1 aromatic heterocycles. The predicted molar refractivity (Wildman–Crippen MR) is 154 cm³/mol. The second-order valence-electron chi connectivity index (χ2n) is 9.65. The molecule has 10 heteroatoms. The first-order valence-corrected chi connectivity index (χ1v) is 14.7. The highest BCUT2D eigenvalue weighted by Gasteiger charge is 2.04. The Morgan fingerprint density at radius 1 is 0.500 bits per heavy atom. The Hall–Kier alpha value is -2.65. The highest BCUT2D eigenvalue weighted by molar-refractivity contribution is 5.69. The summed E-state index contributed by atoms with van der Waals surface area (Å²) in [6, 6.07) is 0. The van der Waals surface area contributed by atoms with Gasteiger partial charge in [0.2, 0.25) is 17.8 Å². The summed E-state index contributed by atoms with van der Waals surface area (Å²) < 4.78 is 10.6. The van der Waals surface area contributed by atoms with E-state index in [2.05, 4.69) is 28.8 Å². The van der Waals surface area contributed by atoms with Crippen LogP contribution in [0.5, 0.6) is 0 Å². The molecule has 1 heterocycles. The van der Waals surface area contributed by atoms with Crippen molar-refractivity contribution in [2.45, 2.75) is 136 Å². The molecule has 0 atom stereocenters. The van der Waals surface area contributed by atoms with Crippen LogP contribution >= 0.6 is 0 Å². The minimum Gasteiger partial charge on any atom is -0.466 e. The first kappa shape index (κ1) is 35.4. The number of esters is 2. The monoisotopic (exact) mass is 538 g/mol. The van der Waals surface area contributed by atoms with E-state index >= 15 is 0 Å². The van der Waals surface area contributed by atoms with E-state index in [0.717, 1.165) is 57.8 Å². The van der Waals surface area contributed by atoms with Gasteiger partial charge in [0.15, 0.2) is 0 Å². The van der Waals surface area contributed by atoms with Crippen molar-refractivity contribution in [2.75, 3.05) is 30.4 Å². The number of ether oxygens (including phenoxy) is 2. The quantitative estimate of drug-likeness (QED) is 0.115. The van der Waals surface area contributed by atoms with Crippen molar-refractivity contribution in [3.8, 4) is 0 Å². The molecule has 0 aliphatic carbocycles. The fourth-order valence-electron chi connectivity index (χ4n) is 3.78. The summed E-state index contributed by atoms with van der Waals surface area (Å²) in [5.41, 5.74) is 15.4. The summed E-state index contributed by atoms with van der Waals surface area (Å²) in [7, 11) is 0. The number of aromatic nitrogens is 3. The molecule has 6 N–H and O–H groups in total. The van der Waals surface area contributed by atoms with Crippen molar-refractivity contribution < 1.29 is 19.1 Å². The fraction of sp³-hybridized carbons (Fsp3) is 0.821. The molecule has 38 heavy (non-hydrogen) atoms. The molecule has 0 fully saturated rings. The van der Waals surface area contributed by atoms with Crippen LogP contribution in [0.15, 0.2) is 0 Å². The third kappa shape index (κ3) is 25.0. The molecule has 10 nitrogen and oxygen atoms in total. The molecular formula is C28H54N6O4. The Labute approximate surface area is 230 Å². The standard InChI is InChI=1S/C25H48O4.C3H6N6/c1-3-5-7-9-14-18-22-28-24(26)20-16-12-11-13-17-21-25(27)29-23-19-15-10-8-6-4-2;4-1-7-2(5)9-3(6)8-1/h3-23H2,1-2H3;(H6,4,5,6,7,8,9). The number of unbranched alkanes of at least 4 members (excludes halogenated alkanes) is 14. The zero-order chi connectivity index (χ0) is 28.3. The highest BCUT2D eigenvalue weighted by Crippen LogP contribution is 2.10. The number of nitrogens with zero attached hydrogens (tertiary/aromatic N) is 3. The summed E-state index contributed by atoms with van der Waals surface area (Å²) in [4.78, 5) is 33.8. The number of nitrogen functional groups attached to an aromatic ring is 3. The second kappa shape index (κ2) is 26.0. The van der Waals surface area contributed by atoms with Crippen molar-refractivity contribution >= 4 is 29.8 Å². The largest absolute Gasteiger partial charge is 0.466 e. The number of hydrogen-bond acceptors (Lipinski definition) is 10. The van der Waals surface area contributed by atoms with E-state index < -0.39 is 0 Å². The molecule has 0 radical (unpaired) electrons. The lowest BCUT2D eigenvalue weighted by molar-refractivity contribution is -0.144. The topological polar surface area (TPSA) is 169 Å². The average molecular weight is 539 g/mol. The van der Waals surface area contributed by atoms with Gasteiger partial charge in [-0.3, -0.25) is 9.59 Å². The maximum Gasteiger partial charge on any atom is 0.305 e. The van der Waals surface area contributed by atoms with Crippen molar-refractivity contribution in [1.82, 2.24) is 15.0 Å². The van der Waals surface area contributed by atoms with Crippen LogP contribution in [-0.2, 0) is 19.1 Å². The van der Waals surface area contributed by atoms with E-state index in [1.54, 1.807) is 0 Å². The number of hydrogen-bond donors (Lipinski definition) is 3. The molecule has 0 saturated carbocycles. The zero-order valence-electron chi connectivity index (χ0n) is 24.1. The van der Waals surface area contributed by atoms with E-state index in [1.165, 1.54) is 51.4 Å². The number of rotatable bonds is 22. The van der Waals surface area contributed by atoms with Crippen LogP contribution in [0.4, 0.5) is 17.8 Å². The predicted octanol–water partition coefficient (Wildman–Crippen LogP) is 6.14. The van der Waals surface area contributed by atoms with E-state index in [4.69, 9.17) is 26.7 Å². The van der Waals surface area contributed by atoms with Crippen LogP contribution in [0.1, 0.15) is 136 Å². The van der Waals surface area contributed by atoms with Crippen LogP contribution in [0.3, 0.4) is 0 Å². The van der Waals surface area contributed by atoms with Gasteiger partial charge in [-0.25, -0.2) is 0 Å². The molecule has 0 bridgehead atoms. The fourth-order valence-corrected chi connectivity index (χ4v) is 3.78. The molecule has 0 saturated heterocycles. The van der Waals surface area contributed by atoms with Crippen LogP contribution in [0.2, 0.25) is 0 Å². The van der Waals surface area contributed by atoms with Gasteiger partial charge >= 0.3 is 11.9 Å². The van der Waals surface area contributed by atoms with Gasteiger partial charge < -0.3 is 26.7 Å². The molecule has 0 aliphatic rings. The van der Waals surface area contributed by atoms with Gasteiger partial charge in [0, 0.05) is 12.8 Å². The first-order valence-electron chi connectivity index (χ1n) is 14.7. The van der Waals surface area contributed by atoms with Crippen molar-refractivity contribution in [3.05, 3.63) is 0 Å². The molecule has 220 valence electrons. The van der Waals surface area contributed by atoms with Gasteiger partial charge in [0.1, 0.15) is 0 Å². The van der Waals surface area contributed by atoms with Gasteiger partial charge in [-0.05, 0) is 25.7 Å². The lowest BCUT2D eigenvalue weighted by Crippen LogP contribution is -2.06. The van der Waals surface area contributed by atoms with Crippen molar-refractivity contribution in [2.24, 2.45) is 0 Å². The summed E-state index contributed by atoms with van der Waals surface area (Å²) >= 11 is 0. The summed E-state index contributed by atoms with van der Waals surface area (Å²) in [5.74, 6) is 0.00802. The Kier molecular flexibility index (Phi) is 24.2. The average Bonchev–Trinajstić information content (AvgIpc) is 2.86. The Morgan fingerprint density at radius 2 is 0.789 bits per heavy atom. The van der Waals surface area contributed by atoms with Crippen molar-refractivity contribution in [1.29, 1.82) is 0 Å². The third-order valence-electron chi connectivity index (χ3n) is 5.97. The van der Waals surface area contributed by atoms with Crippen LogP contribution in [-0.4, -0.2) is 40.1 Å². The zero-order valence-corrected chi connectivity index (χ0v) is 24.1. The van der Waals surface area contributed by atoms with Crippen LogP contribution in [0, 0.1) is 0 Å². The van der Waals surface area contributed by atoms with Crippen LogP contribution < -0.4 is 17.2 Å². The third-order valence-corrected chi connectivity index (χ3v) is 5.97. The maximum atomic E-state index is 11.7. The van der Waals surface area contributed by atoms with Gasteiger partial charge in [-0.2, -0.15) is 15.0 Å². The Morgan fingerprint density at radius 3 is 1.13 bits per heavy atom. The Balaban J connectivity index is 0.00000127. The molecular weight excluding hydrogens is 484 g/mol. The van der Waals surface area contributed by atoms with E-state index in [-0.39, 0.29) is 29.8 Å². The summed E-state index contributed by atoms with van der Waals surface area (Å²) in [5, 5.41) is 0. The van der Waals surface area contributed by atoms with E-state index in [0.29, 0.717) is 26.1 Å². The van der Waals surface area contributed by atoms with Gasteiger partial charge in [0.05, 0.1) is 13.2 Å². The molecule has 0 amide bonds. The van der Waals surface area contributed by atoms with Gasteiger partial charge in [-0.1, -0.05) is 97.3 Å². The van der Waals surface area contributed by atoms with Gasteiger partial charge in [0.25, 0.3) is 0 Å². The first-order chi connectivity index (χ1) is 18.4. The normalized spacial score (nSPS) is 10.5. The number of carbonyl (C=O) groups excluding carboxylic acids is 2. The number of anilines is 3. The van der Waals surface area contributed by atoms with Gasteiger partial charge in [-0.15, -0.1) is 0 Å². The molecule has 1 rings (SSSR count). The lowest BCUT2D eigenvalue weighted by Gasteiger charge is -2.06. The number of nitrogens with two attached hydrogens (primary N) is 3. The number of carbonyl (C=O) groups is 2. The smallest absolute Gasteiger partial charge is 0.305 e. The van der Waals surface area contributed by atoms with E-state index in [9.17, 15) is 9.59 Å². The molecule has 0 spiro atoms. The second-order valence-corrected chi connectivity index (χ2v) is 9.65. The SMILES string of the molecule is CCCCCCCCOC(=O)CCCCCCCC(=O)OCCCCCCCC.Nc1nc(N)nc(N)n1. The lowest BCUT2D eigenvalue weighted by atomic mass is 10.1. The molecule has 0 aliphatic heterocycles. The minimum absolute atomic E-state index is 0.0417. The Bertz CT molecular complexity index is 636. The maximum absolute atomic E-state index is 11.7. The molecule has 0 unspecified atom stereocenters. The summed E-state index contributed by atoms with van der Waals surface area (Å²) in [6.07, 6.45) is 20.5. The summed E-state index contributed by atoms with van der Waals surface area (Å²) in [6.45, 7) is 5.58. The molecule has 0 aromatic carbocycles. The van der Waals surface area contributed by atoms with E-state index in [1.807, 2.05) is 0 Å². The molecule has 1 aromatic rings.